The zero-order chi connectivity index (χ0) is 5.70. The summed E-state index contributed by atoms with van der Waals surface area (Å²) >= 11 is 0. The zero-order valence-electron chi connectivity index (χ0n) is 3.53. The van der Waals surface area contributed by atoms with E-state index in [0.29, 0.717) is 0 Å². The fourth-order valence-corrected chi connectivity index (χ4v) is 0. The van der Waals surface area contributed by atoms with Gasteiger partial charge in [-0.1, -0.05) is 0 Å². The largest absolute Gasteiger partial charge is 0.377 e. The van der Waals surface area contributed by atoms with Gasteiger partial charge in [0.25, 0.3) is 5.09 Å². The van der Waals surface area contributed by atoms with E-state index in [2.05, 4.69) is 4.74 Å². The lowest BCUT2D eigenvalue weighted by Crippen LogP contribution is -1.81. The first kappa shape index (κ1) is 6.16. The van der Waals surface area contributed by atoms with Gasteiger partial charge in [-0.05, 0) is 0 Å². The molecule has 0 amide bonds. The zero-order valence-corrected chi connectivity index (χ0v) is 3.53. The van der Waals surface area contributed by atoms with Crippen LogP contribution in [-0.4, -0.2) is 23.5 Å². The summed E-state index contributed by atoms with van der Waals surface area (Å²) in [5.41, 5.74) is 0. The molecule has 1 aliphatic rings. The Morgan fingerprint density at radius 2 is 1.86 bits per heavy atom. The van der Waals surface area contributed by atoms with E-state index >= 15 is 0 Å². The minimum atomic E-state index is -1.50. The van der Waals surface area contributed by atoms with Crippen molar-refractivity contribution in [2.24, 2.45) is 0 Å². The number of ether oxygens (including phenoxy) is 1. The first-order valence-corrected chi connectivity index (χ1v) is 1.64. The Labute approximate surface area is 39.6 Å². The van der Waals surface area contributed by atoms with Crippen molar-refractivity contribution in [1.82, 2.24) is 0 Å². The molecule has 1 fully saturated rings. The third kappa shape index (κ3) is 2010. The average Bonchev–Trinajstić information content (AvgIpc) is 2.02. The molecule has 0 aromatic carbocycles. The van der Waals surface area contributed by atoms with E-state index in [-0.39, 0.29) is 0 Å². The van der Waals surface area contributed by atoms with E-state index in [0.717, 1.165) is 13.2 Å². The molecule has 1 saturated heterocycles. The van der Waals surface area contributed by atoms with Crippen LogP contribution in [0, 0.1) is 10.1 Å². The summed E-state index contributed by atoms with van der Waals surface area (Å²) in [5.74, 6) is 0. The molecule has 0 bridgehead atoms. The van der Waals surface area contributed by atoms with Crippen molar-refractivity contribution >= 4 is 0 Å². The van der Waals surface area contributed by atoms with Crippen LogP contribution in [0.25, 0.3) is 0 Å². The monoisotopic (exact) mass is 107 g/mol. The molecular weight excluding hydrogens is 102 g/mol. The quantitative estimate of drug-likeness (QED) is 0.261. The highest BCUT2D eigenvalue weighted by atomic mass is 16.9. The summed E-state index contributed by atoms with van der Waals surface area (Å²) < 4.78 is 4.50. The normalized spacial score (nSPS) is 13.7. The summed E-state index contributed by atoms with van der Waals surface area (Å²) in [7, 11) is 0. The summed E-state index contributed by atoms with van der Waals surface area (Å²) in [6.45, 7) is 2.00. The smallest absolute Gasteiger partial charge is 0.291 e. The van der Waals surface area contributed by atoms with Crippen LogP contribution < -0.4 is 0 Å². The van der Waals surface area contributed by atoms with Crippen LogP contribution in [0.1, 0.15) is 0 Å². The van der Waals surface area contributed by atoms with Crippen LogP contribution in [0.4, 0.5) is 0 Å². The van der Waals surface area contributed by atoms with Crippen molar-refractivity contribution in [1.29, 1.82) is 0 Å². The summed E-state index contributed by atoms with van der Waals surface area (Å²) in [5, 5.41) is 13.6. The molecule has 0 aromatic rings. The second kappa shape index (κ2) is 3.35. The second-order valence-corrected chi connectivity index (χ2v) is 0.850. The molecule has 7 heavy (non-hydrogen) atoms. The third-order valence-corrected chi connectivity index (χ3v) is 0.204. The van der Waals surface area contributed by atoms with Crippen LogP contribution in [0.3, 0.4) is 0 Å². The van der Waals surface area contributed by atoms with Gasteiger partial charge in [0.1, 0.15) is 0 Å². The molecule has 5 heteroatoms. The summed E-state index contributed by atoms with van der Waals surface area (Å²) in [6, 6.07) is 0. The molecule has 0 aromatic heterocycles. The number of nitrogens with zero attached hydrogens (tertiary/aromatic N) is 1. The Bertz CT molecular complexity index is 54.0. The fraction of sp³-hybridized carbons (Fsp3) is 1.00. The summed E-state index contributed by atoms with van der Waals surface area (Å²) in [4.78, 5) is 8.36. The first-order valence-electron chi connectivity index (χ1n) is 1.64. The van der Waals surface area contributed by atoms with Crippen LogP contribution in [0.5, 0.6) is 0 Å². The average molecular weight is 107 g/mol. The maximum Gasteiger partial charge on any atom is 0.291 e. The van der Waals surface area contributed by atoms with E-state index in [4.69, 9.17) is 15.3 Å². The molecule has 42 valence electrons. The lowest BCUT2D eigenvalue weighted by molar-refractivity contribution is -0.742. The Balaban J connectivity index is 0.000000105. The van der Waals surface area contributed by atoms with E-state index in [9.17, 15) is 0 Å². The van der Waals surface area contributed by atoms with Gasteiger partial charge in [0.15, 0.2) is 0 Å². The topological polar surface area (TPSA) is 75.9 Å². The molecule has 1 aliphatic heterocycles. The van der Waals surface area contributed by atoms with Crippen molar-refractivity contribution in [2.45, 2.75) is 0 Å². The van der Waals surface area contributed by atoms with Crippen LogP contribution >= 0.6 is 0 Å². The lowest BCUT2D eigenvalue weighted by Gasteiger charge is -1.56. The summed E-state index contributed by atoms with van der Waals surface area (Å²) in [6.07, 6.45) is 0. The van der Waals surface area contributed by atoms with Gasteiger partial charge >= 0.3 is 0 Å². The molecule has 0 aliphatic carbocycles. The highest BCUT2D eigenvalue weighted by Crippen LogP contribution is 1.84. The van der Waals surface area contributed by atoms with Gasteiger partial charge in [0, 0.05) is 0 Å². The second-order valence-electron chi connectivity index (χ2n) is 0.850. The number of epoxide rings is 1. The Morgan fingerprint density at radius 1 is 1.71 bits per heavy atom. The van der Waals surface area contributed by atoms with Crippen molar-refractivity contribution < 1.29 is 15.0 Å². The molecule has 5 nitrogen and oxygen atoms in total. The molecule has 1 N–H and O–H groups in total. The number of hydrogen-bond acceptors (Lipinski definition) is 3. The number of hydrogen-bond donors (Lipinski definition) is 1. The van der Waals surface area contributed by atoms with Gasteiger partial charge in [-0.3, -0.25) is 0 Å². The maximum atomic E-state index is 8.36. The minimum absolute atomic E-state index is 1.00. The molecule has 1 rings (SSSR count). The van der Waals surface area contributed by atoms with Gasteiger partial charge in [-0.15, -0.1) is 10.1 Å². The maximum absolute atomic E-state index is 8.36. The minimum Gasteiger partial charge on any atom is -0.377 e. The molecule has 0 saturated carbocycles. The molecule has 0 spiro atoms. The van der Waals surface area contributed by atoms with Crippen LogP contribution in [0.15, 0.2) is 0 Å². The Kier molecular flexibility index (Phi) is 2.95. The Hall–Kier alpha value is -0.840. The van der Waals surface area contributed by atoms with Gasteiger partial charge < -0.3 is 9.94 Å². The van der Waals surface area contributed by atoms with Gasteiger partial charge in [0.2, 0.25) is 0 Å². The highest BCUT2D eigenvalue weighted by molar-refractivity contribution is 4.36. The van der Waals surface area contributed by atoms with E-state index in [1.165, 1.54) is 0 Å². The molecule has 1 heterocycles. The van der Waals surface area contributed by atoms with Crippen molar-refractivity contribution in [3.05, 3.63) is 10.1 Å². The van der Waals surface area contributed by atoms with Crippen molar-refractivity contribution in [3.63, 3.8) is 0 Å². The highest BCUT2D eigenvalue weighted by Gasteiger charge is 1.94. The van der Waals surface area contributed by atoms with Crippen molar-refractivity contribution in [3.8, 4) is 0 Å². The van der Waals surface area contributed by atoms with Crippen LogP contribution in [0.2, 0.25) is 0 Å². The molecule has 0 radical (unpaired) electrons. The number of rotatable bonds is 0. The van der Waals surface area contributed by atoms with Crippen molar-refractivity contribution in [2.75, 3.05) is 13.2 Å². The van der Waals surface area contributed by atoms with Crippen LogP contribution in [-0.2, 0) is 4.74 Å². The first-order chi connectivity index (χ1) is 3.23. The third-order valence-electron chi connectivity index (χ3n) is 0.204. The fourth-order valence-electron chi connectivity index (χ4n) is 0. The standard InChI is InChI=1S/C2H4O.HNO3/c1-2-3-1;2-1(3)4/h1-2H2;(H,2,3,4). The predicted octanol–water partition coefficient (Wildman–Crippen LogP) is -0.331. The SMILES string of the molecule is C1CO1.O=[N+]([O-])O. The predicted molar refractivity (Wildman–Crippen MR) is 19.6 cm³/mol. The molecular formula is C2H5NO4. The van der Waals surface area contributed by atoms with Gasteiger partial charge in [-0.25, -0.2) is 0 Å². The van der Waals surface area contributed by atoms with E-state index < -0.39 is 5.09 Å². The van der Waals surface area contributed by atoms with E-state index in [1.807, 2.05) is 0 Å². The molecule has 0 atom stereocenters. The van der Waals surface area contributed by atoms with E-state index in [1.54, 1.807) is 0 Å². The van der Waals surface area contributed by atoms with Gasteiger partial charge in [-0.2, -0.15) is 0 Å². The molecule has 0 unspecified atom stereocenters. The lowest BCUT2D eigenvalue weighted by atomic mass is 11.0. The van der Waals surface area contributed by atoms with Gasteiger partial charge in [0.05, 0.1) is 13.2 Å². The Morgan fingerprint density at radius 3 is 1.86 bits per heavy atom.